The van der Waals surface area contributed by atoms with E-state index >= 15 is 0 Å². The standard InChI is InChI=1S/C15H23N5/c1-5-12-7-6-8-17-13(12)9-18-15-14(16)11(4)19-20(15)10(2)3/h6-8,10,18H,5,9,16H2,1-4H3. The summed E-state index contributed by atoms with van der Waals surface area (Å²) in [4.78, 5) is 4.44. The lowest BCUT2D eigenvalue weighted by atomic mass is 10.1. The van der Waals surface area contributed by atoms with E-state index < -0.39 is 0 Å². The fourth-order valence-electron chi connectivity index (χ4n) is 2.23. The molecule has 0 aliphatic rings. The van der Waals surface area contributed by atoms with Crippen molar-refractivity contribution in [2.24, 2.45) is 0 Å². The molecule has 108 valence electrons. The van der Waals surface area contributed by atoms with Gasteiger partial charge in [0.05, 0.1) is 23.6 Å². The number of nitrogens with two attached hydrogens (primary N) is 1. The Morgan fingerprint density at radius 1 is 1.40 bits per heavy atom. The van der Waals surface area contributed by atoms with Crippen LogP contribution in [0.15, 0.2) is 18.3 Å². The minimum atomic E-state index is 0.267. The average molecular weight is 273 g/mol. The third-order valence-corrected chi connectivity index (χ3v) is 3.41. The topological polar surface area (TPSA) is 68.8 Å². The van der Waals surface area contributed by atoms with Gasteiger partial charge in [0.1, 0.15) is 5.82 Å². The van der Waals surface area contributed by atoms with Crippen LogP contribution in [0.25, 0.3) is 0 Å². The second-order valence-corrected chi connectivity index (χ2v) is 5.20. The molecule has 0 saturated heterocycles. The summed E-state index contributed by atoms with van der Waals surface area (Å²) in [5.41, 5.74) is 10.00. The number of nitrogens with zero attached hydrogens (tertiary/aromatic N) is 3. The maximum atomic E-state index is 6.11. The summed E-state index contributed by atoms with van der Waals surface area (Å²) in [7, 11) is 0. The van der Waals surface area contributed by atoms with E-state index in [4.69, 9.17) is 5.73 Å². The molecular weight excluding hydrogens is 250 g/mol. The van der Waals surface area contributed by atoms with Gasteiger partial charge in [0.2, 0.25) is 0 Å². The van der Waals surface area contributed by atoms with Crippen molar-refractivity contribution in [3.05, 3.63) is 35.3 Å². The largest absolute Gasteiger partial charge is 0.394 e. The summed E-state index contributed by atoms with van der Waals surface area (Å²) in [6.07, 6.45) is 2.80. The molecule has 20 heavy (non-hydrogen) atoms. The molecule has 0 radical (unpaired) electrons. The minimum absolute atomic E-state index is 0.267. The van der Waals surface area contributed by atoms with Crippen LogP contribution in [0.3, 0.4) is 0 Å². The molecule has 2 rings (SSSR count). The second-order valence-electron chi connectivity index (χ2n) is 5.20. The van der Waals surface area contributed by atoms with Crippen molar-refractivity contribution in [3.8, 4) is 0 Å². The Balaban J connectivity index is 2.23. The van der Waals surface area contributed by atoms with Gasteiger partial charge in [-0.2, -0.15) is 5.10 Å². The molecule has 0 saturated carbocycles. The maximum Gasteiger partial charge on any atom is 0.148 e. The molecular formula is C15H23N5. The first-order chi connectivity index (χ1) is 9.54. The summed E-state index contributed by atoms with van der Waals surface area (Å²) >= 11 is 0. The van der Waals surface area contributed by atoms with Crippen molar-refractivity contribution < 1.29 is 0 Å². The number of aromatic nitrogens is 3. The monoisotopic (exact) mass is 273 g/mol. The Hall–Kier alpha value is -2.04. The molecule has 0 aliphatic heterocycles. The maximum absolute atomic E-state index is 6.11. The molecule has 5 nitrogen and oxygen atoms in total. The number of nitrogens with one attached hydrogen (secondary N) is 1. The zero-order valence-electron chi connectivity index (χ0n) is 12.6. The SMILES string of the molecule is CCc1cccnc1CNc1c(N)c(C)nn1C(C)C. The van der Waals surface area contributed by atoms with Gasteiger partial charge in [-0.1, -0.05) is 13.0 Å². The summed E-state index contributed by atoms with van der Waals surface area (Å²) in [5, 5.41) is 7.86. The van der Waals surface area contributed by atoms with Gasteiger partial charge < -0.3 is 11.1 Å². The molecule has 0 aliphatic carbocycles. The van der Waals surface area contributed by atoms with Gasteiger partial charge in [-0.15, -0.1) is 0 Å². The van der Waals surface area contributed by atoms with Crippen molar-refractivity contribution >= 4 is 11.5 Å². The summed E-state index contributed by atoms with van der Waals surface area (Å²) < 4.78 is 1.93. The third kappa shape index (κ3) is 2.76. The molecule has 0 fully saturated rings. The van der Waals surface area contributed by atoms with Crippen LogP contribution in [0.1, 0.15) is 43.8 Å². The normalized spacial score (nSPS) is 11.1. The zero-order chi connectivity index (χ0) is 14.7. The van der Waals surface area contributed by atoms with E-state index in [9.17, 15) is 0 Å². The van der Waals surface area contributed by atoms with Crippen molar-refractivity contribution in [3.63, 3.8) is 0 Å². The Morgan fingerprint density at radius 2 is 2.15 bits per heavy atom. The summed E-state index contributed by atoms with van der Waals surface area (Å²) in [5.74, 6) is 0.880. The molecule has 0 atom stereocenters. The first-order valence-electron chi connectivity index (χ1n) is 7.05. The van der Waals surface area contributed by atoms with Crippen LogP contribution in [0, 0.1) is 6.92 Å². The van der Waals surface area contributed by atoms with Crippen LogP contribution in [0.5, 0.6) is 0 Å². The third-order valence-electron chi connectivity index (χ3n) is 3.41. The van der Waals surface area contributed by atoms with Crippen LogP contribution < -0.4 is 11.1 Å². The number of hydrogen-bond acceptors (Lipinski definition) is 4. The summed E-state index contributed by atoms with van der Waals surface area (Å²) in [6.45, 7) is 8.91. The van der Waals surface area contributed by atoms with Crippen LogP contribution in [0.4, 0.5) is 11.5 Å². The highest BCUT2D eigenvalue weighted by atomic mass is 15.4. The number of rotatable bonds is 5. The average Bonchev–Trinajstić information content (AvgIpc) is 2.73. The molecule has 0 amide bonds. The number of anilines is 2. The zero-order valence-corrected chi connectivity index (χ0v) is 12.6. The Labute approximate surface area is 120 Å². The van der Waals surface area contributed by atoms with Gasteiger partial charge in [0.15, 0.2) is 0 Å². The fourth-order valence-corrected chi connectivity index (χ4v) is 2.23. The number of aryl methyl sites for hydroxylation is 2. The van der Waals surface area contributed by atoms with Gasteiger partial charge in [-0.05, 0) is 38.8 Å². The molecule has 0 aromatic carbocycles. The quantitative estimate of drug-likeness (QED) is 0.879. The first kappa shape index (κ1) is 14.4. The molecule has 0 bridgehead atoms. The van der Waals surface area contributed by atoms with E-state index in [2.05, 4.69) is 42.2 Å². The Bertz CT molecular complexity index is 586. The van der Waals surface area contributed by atoms with Gasteiger partial charge in [-0.25, -0.2) is 4.68 Å². The molecule has 3 N–H and O–H groups in total. The van der Waals surface area contributed by atoms with Crippen molar-refractivity contribution in [1.29, 1.82) is 0 Å². The van der Waals surface area contributed by atoms with Gasteiger partial charge >= 0.3 is 0 Å². The van der Waals surface area contributed by atoms with Gasteiger partial charge in [0.25, 0.3) is 0 Å². The number of nitrogen functional groups attached to an aromatic ring is 1. The van der Waals surface area contributed by atoms with E-state index in [0.717, 1.165) is 23.6 Å². The Kier molecular flexibility index (Phi) is 4.27. The smallest absolute Gasteiger partial charge is 0.148 e. The first-order valence-corrected chi connectivity index (χ1v) is 7.05. The highest BCUT2D eigenvalue weighted by molar-refractivity contribution is 5.65. The van der Waals surface area contributed by atoms with E-state index in [-0.39, 0.29) is 6.04 Å². The van der Waals surface area contributed by atoms with Crippen molar-refractivity contribution in [2.45, 2.75) is 46.7 Å². The summed E-state index contributed by atoms with van der Waals surface area (Å²) in [6, 6.07) is 4.35. The Morgan fingerprint density at radius 3 is 2.80 bits per heavy atom. The van der Waals surface area contributed by atoms with Crippen molar-refractivity contribution in [1.82, 2.24) is 14.8 Å². The lowest BCUT2D eigenvalue weighted by Crippen LogP contribution is -2.12. The predicted octanol–water partition coefficient (Wildman–Crippen LogP) is 2.92. The molecule has 2 aromatic heterocycles. The van der Waals surface area contributed by atoms with Crippen LogP contribution in [0.2, 0.25) is 0 Å². The molecule has 0 spiro atoms. The molecule has 2 heterocycles. The van der Waals surface area contributed by atoms with Crippen LogP contribution in [-0.4, -0.2) is 14.8 Å². The predicted molar refractivity (Wildman–Crippen MR) is 82.7 cm³/mol. The van der Waals surface area contributed by atoms with Crippen molar-refractivity contribution in [2.75, 3.05) is 11.1 Å². The molecule has 0 unspecified atom stereocenters. The van der Waals surface area contributed by atoms with E-state index in [0.29, 0.717) is 12.2 Å². The number of pyridine rings is 1. The van der Waals surface area contributed by atoms with Gasteiger partial charge in [-0.3, -0.25) is 4.98 Å². The van der Waals surface area contributed by atoms with Crippen LogP contribution in [-0.2, 0) is 13.0 Å². The minimum Gasteiger partial charge on any atom is -0.394 e. The van der Waals surface area contributed by atoms with E-state index in [1.54, 1.807) is 0 Å². The van der Waals surface area contributed by atoms with Gasteiger partial charge in [0, 0.05) is 12.2 Å². The van der Waals surface area contributed by atoms with E-state index in [1.807, 2.05) is 23.9 Å². The fraction of sp³-hybridized carbons (Fsp3) is 0.467. The molecule has 2 aromatic rings. The van der Waals surface area contributed by atoms with Crippen LogP contribution >= 0.6 is 0 Å². The second kappa shape index (κ2) is 5.94. The highest BCUT2D eigenvalue weighted by Gasteiger charge is 2.14. The number of hydrogen-bond donors (Lipinski definition) is 2. The lowest BCUT2D eigenvalue weighted by Gasteiger charge is -2.14. The lowest BCUT2D eigenvalue weighted by molar-refractivity contribution is 0.534. The molecule has 5 heteroatoms. The van der Waals surface area contributed by atoms with E-state index in [1.165, 1.54) is 5.56 Å². The highest BCUT2D eigenvalue weighted by Crippen LogP contribution is 2.26.